The first-order valence-electron chi connectivity index (χ1n) is 13.5. The van der Waals surface area contributed by atoms with Crippen LogP contribution in [-0.2, 0) is 17.9 Å². The van der Waals surface area contributed by atoms with Gasteiger partial charge in [0.1, 0.15) is 24.1 Å². The molecule has 3 N–H and O–H groups in total. The van der Waals surface area contributed by atoms with Gasteiger partial charge in [0.05, 0.1) is 17.8 Å². The van der Waals surface area contributed by atoms with Crippen LogP contribution in [0.2, 0.25) is 0 Å². The zero-order chi connectivity index (χ0) is 29.4. The predicted molar refractivity (Wildman–Crippen MR) is 154 cm³/mol. The first-order valence-corrected chi connectivity index (χ1v) is 13.5. The first-order chi connectivity index (χ1) is 19.6. The quantitative estimate of drug-likeness (QED) is 0.214. The molecule has 0 radical (unpaired) electrons. The minimum atomic E-state index is -0.915. The van der Waals surface area contributed by atoms with Crippen LogP contribution in [0.1, 0.15) is 43.8 Å². The molecule has 1 heterocycles. The van der Waals surface area contributed by atoms with E-state index in [0.717, 1.165) is 29.3 Å². The lowest BCUT2D eigenvalue weighted by atomic mass is 9.86. The van der Waals surface area contributed by atoms with Crippen LogP contribution < -0.4 is 10.6 Å². The summed E-state index contributed by atoms with van der Waals surface area (Å²) in [6, 6.07) is 22.0. The molecule has 216 valence electrons. The second-order valence-electron chi connectivity index (χ2n) is 11.0. The van der Waals surface area contributed by atoms with Crippen LogP contribution in [0.5, 0.6) is 0 Å². The Hall–Kier alpha value is -4.08. The number of ether oxygens (including phenoxy) is 1. The maximum Gasteiger partial charge on any atom is 0.407 e. The van der Waals surface area contributed by atoms with Gasteiger partial charge in [-0.2, -0.15) is 0 Å². The molecular weight excluding hydrogens is 526 g/mol. The highest BCUT2D eigenvalue weighted by atomic mass is 19.1. The van der Waals surface area contributed by atoms with E-state index in [1.54, 1.807) is 6.20 Å². The van der Waals surface area contributed by atoms with Gasteiger partial charge in [0.25, 0.3) is 0 Å². The maximum atomic E-state index is 14.7. The second-order valence-corrected chi connectivity index (χ2v) is 11.0. The summed E-state index contributed by atoms with van der Waals surface area (Å²) < 4.78 is 35.9. The Kier molecular flexibility index (Phi) is 9.86. The van der Waals surface area contributed by atoms with Crippen molar-refractivity contribution in [2.24, 2.45) is 5.41 Å². The van der Waals surface area contributed by atoms with E-state index in [1.807, 2.05) is 86.0 Å². The van der Waals surface area contributed by atoms with Crippen LogP contribution in [0.25, 0.3) is 11.3 Å². The number of rotatable bonds is 11. The van der Waals surface area contributed by atoms with Crippen molar-refractivity contribution >= 4 is 6.09 Å². The molecule has 0 fully saturated rings. The Labute approximate surface area is 239 Å². The summed E-state index contributed by atoms with van der Waals surface area (Å²) in [4.78, 5) is 16.9. The van der Waals surface area contributed by atoms with Gasteiger partial charge in [-0.05, 0) is 34.7 Å². The number of aliphatic hydroxyl groups excluding tert-OH is 1. The highest BCUT2D eigenvalue weighted by molar-refractivity contribution is 5.67. The molecule has 0 aliphatic rings. The van der Waals surface area contributed by atoms with E-state index in [0.29, 0.717) is 18.1 Å². The summed E-state index contributed by atoms with van der Waals surface area (Å²) >= 11 is 0. The molecule has 0 unspecified atom stereocenters. The van der Waals surface area contributed by atoms with Gasteiger partial charge in [-0.15, -0.1) is 0 Å². The van der Waals surface area contributed by atoms with Gasteiger partial charge in [-0.1, -0.05) is 81.4 Å². The van der Waals surface area contributed by atoms with E-state index in [9.17, 15) is 18.7 Å². The third-order valence-electron chi connectivity index (χ3n) is 6.58. The molecular formula is C32H36F2N4O3. The summed E-state index contributed by atoms with van der Waals surface area (Å²) in [5, 5.41) is 16.6. The van der Waals surface area contributed by atoms with Crippen molar-refractivity contribution in [3.05, 3.63) is 114 Å². The molecule has 0 saturated carbocycles. The van der Waals surface area contributed by atoms with Crippen molar-refractivity contribution < 1.29 is 23.4 Å². The monoisotopic (exact) mass is 562 g/mol. The number of carbonyl (C=O) groups excluding carboxylic acids is 1. The van der Waals surface area contributed by atoms with Crippen molar-refractivity contribution in [2.45, 2.75) is 46.1 Å². The molecule has 41 heavy (non-hydrogen) atoms. The van der Waals surface area contributed by atoms with Crippen LogP contribution in [0.15, 0.2) is 85.1 Å². The van der Waals surface area contributed by atoms with Crippen LogP contribution in [0, 0.1) is 17.0 Å². The number of alkyl carbamates (subject to hydrolysis) is 1. The fraction of sp³-hybridized carbons (Fsp3) is 0.312. The Morgan fingerprint density at radius 1 is 0.976 bits per heavy atom. The standard InChI is InChI=1S/C32H36F2N4O3/c1-32(2,3)29(35-17-25(39)18-36-31(40)41-21-23-12-8-5-9-13-23)30-37-28(26-16-24(33)14-15-27(26)34)20-38(30)19-22-10-6-4-7-11-22/h4-16,20,25,29,35,39H,17-19,21H2,1-3H3,(H,36,40)/t25-,29-/m0/s1. The van der Waals surface area contributed by atoms with Gasteiger partial charge < -0.3 is 25.0 Å². The fourth-order valence-electron chi connectivity index (χ4n) is 4.48. The summed E-state index contributed by atoms with van der Waals surface area (Å²) in [7, 11) is 0. The number of nitrogens with one attached hydrogen (secondary N) is 2. The molecule has 0 saturated heterocycles. The number of hydrogen-bond donors (Lipinski definition) is 3. The zero-order valence-electron chi connectivity index (χ0n) is 23.5. The Bertz CT molecular complexity index is 1420. The number of imidazole rings is 1. The van der Waals surface area contributed by atoms with Crippen molar-refractivity contribution in [2.75, 3.05) is 13.1 Å². The SMILES string of the molecule is CC(C)(C)[C@@H](NC[C@H](O)CNC(=O)OCc1ccccc1)c1nc(-c2cc(F)ccc2F)cn1Cc1ccccc1. The van der Waals surface area contributed by atoms with Crippen molar-refractivity contribution in [3.63, 3.8) is 0 Å². The van der Waals surface area contributed by atoms with Crippen LogP contribution in [0.4, 0.5) is 13.6 Å². The molecule has 4 rings (SSSR count). The predicted octanol–water partition coefficient (Wildman–Crippen LogP) is 5.84. The van der Waals surface area contributed by atoms with Gasteiger partial charge in [0.15, 0.2) is 0 Å². The summed E-state index contributed by atoms with van der Waals surface area (Å²) in [5.74, 6) is -0.505. The smallest absolute Gasteiger partial charge is 0.407 e. The summed E-state index contributed by atoms with van der Waals surface area (Å²) in [5.41, 5.74) is 1.89. The van der Waals surface area contributed by atoms with Crippen molar-refractivity contribution in [1.29, 1.82) is 0 Å². The van der Waals surface area contributed by atoms with E-state index in [1.165, 1.54) is 0 Å². The largest absolute Gasteiger partial charge is 0.445 e. The van der Waals surface area contributed by atoms with Gasteiger partial charge in [0, 0.05) is 31.4 Å². The number of amides is 1. The molecule has 7 nitrogen and oxygen atoms in total. The topological polar surface area (TPSA) is 88.4 Å². The minimum absolute atomic E-state index is 0.0182. The van der Waals surface area contributed by atoms with E-state index in [4.69, 9.17) is 9.72 Å². The average Bonchev–Trinajstić information content (AvgIpc) is 3.35. The molecule has 9 heteroatoms. The second kappa shape index (κ2) is 13.5. The Morgan fingerprint density at radius 2 is 1.63 bits per heavy atom. The maximum absolute atomic E-state index is 14.7. The van der Waals surface area contributed by atoms with E-state index >= 15 is 0 Å². The molecule has 2 atom stereocenters. The van der Waals surface area contributed by atoms with Crippen LogP contribution >= 0.6 is 0 Å². The number of halogens is 2. The van der Waals surface area contributed by atoms with Crippen molar-refractivity contribution in [3.8, 4) is 11.3 Å². The normalized spacial score (nSPS) is 13.0. The molecule has 3 aromatic carbocycles. The molecule has 0 spiro atoms. The Morgan fingerprint density at radius 3 is 2.29 bits per heavy atom. The number of carbonyl (C=O) groups is 1. The Balaban J connectivity index is 1.49. The molecule has 0 aliphatic carbocycles. The minimum Gasteiger partial charge on any atom is -0.445 e. The fourth-order valence-corrected chi connectivity index (χ4v) is 4.48. The highest BCUT2D eigenvalue weighted by Gasteiger charge is 2.31. The van der Waals surface area contributed by atoms with Gasteiger partial charge in [-0.3, -0.25) is 0 Å². The highest BCUT2D eigenvalue weighted by Crippen LogP contribution is 2.35. The lowest BCUT2D eigenvalue weighted by molar-refractivity contribution is 0.120. The molecule has 4 aromatic rings. The summed E-state index contributed by atoms with van der Waals surface area (Å²) in [6.07, 6.45) is 0.184. The van der Waals surface area contributed by atoms with Crippen LogP contribution in [-0.4, -0.2) is 39.9 Å². The van der Waals surface area contributed by atoms with E-state index in [2.05, 4.69) is 10.6 Å². The van der Waals surface area contributed by atoms with Crippen molar-refractivity contribution in [1.82, 2.24) is 20.2 Å². The number of hydrogen-bond acceptors (Lipinski definition) is 5. The third kappa shape index (κ3) is 8.45. The number of nitrogens with zero attached hydrogens (tertiary/aromatic N) is 2. The number of aliphatic hydroxyl groups is 1. The number of benzene rings is 3. The molecule has 1 amide bonds. The van der Waals surface area contributed by atoms with Gasteiger partial charge >= 0.3 is 6.09 Å². The van der Waals surface area contributed by atoms with Gasteiger partial charge in [-0.25, -0.2) is 18.6 Å². The van der Waals surface area contributed by atoms with Gasteiger partial charge in [0.2, 0.25) is 0 Å². The average molecular weight is 563 g/mol. The molecule has 0 bridgehead atoms. The molecule has 0 aliphatic heterocycles. The molecule has 1 aromatic heterocycles. The lowest BCUT2D eigenvalue weighted by Crippen LogP contribution is -2.42. The lowest BCUT2D eigenvalue weighted by Gasteiger charge is -2.32. The zero-order valence-corrected chi connectivity index (χ0v) is 23.5. The summed E-state index contributed by atoms with van der Waals surface area (Å²) in [6.45, 7) is 6.80. The first kappa shape index (κ1) is 29.9. The van der Waals surface area contributed by atoms with E-state index in [-0.39, 0.29) is 36.7 Å². The third-order valence-corrected chi connectivity index (χ3v) is 6.58. The number of aromatic nitrogens is 2. The van der Waals surface area contributed by atoms with E-state index < -0.39 is 23.8 Å². The van der Waals surface area contributed by atoms with Crippen LogP contribution in [0.3, 0.4) is 0 Å².